The summed E-state index contributed by atoms with van der Waals surface area (Å²) in [4.78, 5) is 12.3. The summed E-state index contributed by atoms with van der Waals surface area (Å²) in [5.74, 6) is -0.516. The third-order valence-electron chi connectivity index (χ3n) is 7.29. The first-order chi connectivity index (χ1) is 18.6. The molecule has 0 aliphatic rings. The maximum absolute atomic E-state index is 12.3. The zero-order valence-corrected chi connectivity index (χ0v) is 25.1. The summed E-state index contributed by atoms with van der Waals surface area (Å²) in [6, 6.07) is -0.807. The summed E-state index contributed by atoms with van der Waals surface area (Å²) >= 11 is 0. The van der Waals surface area contributed by atoms with Crippen LogP contribution in [0.15, 0.2) is 24.3 Å². The smallest absolute Gasteiger partial charge is 0.249 e. The topological polar surface area (TPSA) is 89.8 Å². The van der Waals surface area contributed by atoms with E-state index in [-0.39, 0.29) is 6.61 Å². The van der Waals surface area contributed by atoms with E-state index >= 15 is 0 Å². The van der Waals surface area contributed by atoms with Crippen LogP contribution >= 0.6 is 0 Å². The average Bonchev–Trinajstić information content (AvgIpc) is 2.92. The lowest BCUT2D eigenvalue weighted by Gasteiger charge is -2.21. The Morgan fingerprint density at radius 1 is 0.632 bits per heavy atom. The second kappa shape index (κ2) is 28.8. The molecule has 0 radical (unpaired) electrons. The highest BCUT2D eigenvalue weighted by molar-refractivity contribution is 5.80. The van der Waals surface area contributed by atoms with Gasteiger partial charge >= 0.3 is 0 Å². The van der Waals surface area contributed by atoms with E-state index in [9.17, 15) is 20.1 Å². The number of nitrogens with one attached hydrogen (secondary N) is 1. The molecule has 0 rings (SSSR count). The first kappa shape index (κ1) is 36.8. The van der Waals surface area contributed by atoms with Crippen LogP contribution in [-0.2, 0) is 4.79 Å². The van der Waals surface area contributed by atoms with Crippen LogP contribution in [0.3, 0.4) is 0 Å². The Morgan fingerprint density at radius 3 is 1.61 bits per heavy atom. The molecule has 5 nitrogen and oxygen atoms in total. The van der Waals surface area contributed by atoms with E-state index in [2.05, 4.69) is 31.3 Å². The number of aliphatic hydroxyl groups is 3. The molecule has 0 aromatic heterocycles. The van der Waals surface area contributed by atoms with Gasteiger partial charge in [0.05, 0.1) is 18.8 Å². The van der Waals surface area contributed by atoms with Crippen LogP contribution in [0.4, 0.5) is 0 Å². The molecule has 3 unspecified atom stereocenters. The number of hydrogen-bond acceptors (Lipinski definition) is 4. The van der Waals surface area contributed by atoms with Crippen molar-refractivity contribution in [3.05, 3.63) is 24.3 Å². The van der Waals surface area contributed by atoms with Crippen LogP contribution in [0.2, 0.25) is 0 Å². The summed E-state index contributed by atoms with van der Waals surface area (Å²) in [5, 5.41) is 32.7. The molecule has 5 heteroatoms. The summed E-state index contributed by atoms with van der Waals surface area (Å²) < 4.78 is 0. The third-order valence-corrected chi connectivity index (χ3v) is 7.29. The van der Waals surface area contributed by atoms with Gasteiger partial charge in [0.1, 0.15) is 6.10 Å². The van der Waals surface area contributed by atoms with Crippen molar-refractivity contribution in [3.63, 3.8) is 0 Å². The van der Waals surface area contributed by atoms with Crippen molar-refractivity contribution in [3.8, 4) is 0 Å². The molecule has 0 aliphatic heterocycles. The Kier molecular flexibility index (Phi) is 27.9. The lowest BCUT2D eigenvalue weighted by atomic mass is 10.0. The number of amides is 1. The van der Waals surface area contributed by atoms with Crippen LogP contribution in [0.5, 0.6) is 0 Å². The fraction of sp³-hybridized carbons (Fsp3) is 0.848. The number of carbonyl (C=O) groups is 1. The molecule has 224 valence electrons. The highest BCUT2D eigenvalue weighted by atomic mass is 16.3. The van der Waals surface area contributed by atoms with Crippen molar-refractivity contribution < 1.29 is 20.1 Å². The molecular formula is C33H63NO4. The summed E-state index contributed by atoms with van der Waals surface area (Å²) in [6.07, 6.45) is 31.8. The van der Waals surface area contributed by atoms with Gasteiger partial charge in [0.15, 0.2) is 0 Å². The molecule has 0 aliphatic carbocycles. The highest BCUT2D eigenvalue weighted by Gasteiger charge is 2.22. The lowest BCUT2D eigenvalue weighted by molar-refractivity contribution is -0.131. The first-order valence-electron chi connectivity index (χ1n) is 16.2. The fourth-order valence-corrected chi connectivity index (χ4v) is 4.67. The average molecular weight is 538 g/mol. The van der Waals surface area contributed by atoms with Crippen LogP contribution < -0.4 is 5.32 Å². The van der Waals surface area contributed by atoms with Crippen LogP contribution in [0.25, 0.3) is 0 Å². The molecule has 1 amide bonds. The van der Waals surface area contributed by atoms with E-state index in [1.54, 1.807) is 6.08 Å². The second-order valence-corrected chi connectivity index (χ2v) is 11.0. The molecular weight excluding hydrogens is 474 g/mol. The summed E-state index contributed by atoms with van der Waals surface area (Å²) in [5.41, 5.74) is 0. The number of unbranched alkanes of at least 4 members (excludes halogenated alkanes) is 18. The van der Waals surface area contributed by atoms with Gasteiger partial charge < -0.3 is 20.6 Å². The second-order valence-electron chi connectivity index (χ2n) is 11.0. The number of hydrogen-bond donors (Lipinski definition) is 4. The van der Waals surface area contributed by atoms with Gasteiger partial charge in [-0.3, -0.25) is 4.79 Å². The Morgan fingerprint density at radius 2 is 1.08 bits per heavy atom. The molecule has 0 aromatic rings. The molecule has 0 aromatic carbocycles. The molecule has 0 bridgehead atoms. The van der Waals surface area contributed by atoms with E-state index < -0.39 is 24.2 Å². The number of rotatable bonds is 28. The maximum Gasteiger partial charge on any atom is 0.249 e. The fourth-order valence-electron chi connectivity index (χ4n) is 4.67. The van der Waals surface area contributed by atoms with Crippen molar-refractivity contribution in [2.75, 3.05) is 6.61 Å². The predicted octanol–water partition coefficient (Wildman–Crippen LogP) is 7.92. The molecule has 4 N–H and O–H groups in total. The number of aliphatic hydroxyl groups excluding tert-OH is 3. The largest absolute Gasteiger partial charge is 0.394 e. The minimum Gasteiger partial charge on any atom is -0.394 e. The van der Waals surface area contributed by atoms with Gasteiger partial charge in [-0.25, -0.2) is 0 Å². The van der Waals surface area contributed by atoms with E-state index in [1.807, 2.05) is 6.08 Å². The van der Waals surface area contributed by atoms with E-state index in [0.29, 0.717) is 6.42 Å². The van der Waals surface area contributed by atoms with Crippen molar-refractivity contribution >= 4 is 5.91 Å². The Labute approximate surface area is 235 Å². The lowest BCUT2D eigenvalue weighted by Crippen LogP contribution is -2.48. The normalized spacial score (nSPS) is 14.3. The van der Waals surface area contributed by atoms with Gasteiger partial charge in [-0.05, 0) is 32.1 Å². The van der Waals surface area contributed by atoms with Gasteiger partial charge in [-0.2, -0.15) is 0 Å². The first-order valence-corrected chi connectivity index (χ1v) is 16.2. The molecule has 0 fully saturated rings. The quantitative estimate of drug-likeness (QED) is 0.0603. The van der Waals surface area contributed by atoms with Crippen molar-refractivity contribution in [2.45, 2.75) is 173 Å². The van der Waals surface area contributed by atoms with E-state index in [0.717, 1.165) is 38.5 Å². The number of carbonyl (C=O) groups excluding carboxylic acids is 1. The molecule has 38 heavy (non-hydrogen) atoms. The SMILES string of the molecule is CCCCCCCC/C=C/CC/C=C/C(O)C(CO)NC(=O)C(O)CCCCCCCCCCCCCC. The zero-order chi connectivity index (χ0) is 28.1. The zero-order valence-electron chi connectivity index (χ0n) is 25.1. The standard InChI is InChI=1S/C33H63NO4/c1-3-5-7-9-11-13-15-17-19-21-23-25-27-31(36)30(29-35)34-33(38)32(37)28-26-24-22-20-18-16-14-12-10-8-6-4-2/h17,19,25,27,30-32,35-37H,3-16,18,20-24,26,28-29H2,1-2H3,(H,34,38)/b19-17+,27-25+. The Hall–Kier alpha value is -1.17. The molecule has 0 saturated heterocycles. The van der Waals surface area contributed by atoms with Gasteiger partial charge in [0, 0.05) is 0 Å². The number of allylic oxidation sites excluding steroid dienone is 3. The van der Waals surface area contributed by atoms with Crippen molar-refractivity contribution in [1.29, 1.82) is 0 Å². The summed E-state index contributed by atoms with van der Waals surface area (Å²) in [7, 11) is 0. The molecule has 0 saturated carbocycles. The monoisotopic (exact) mass is 537 g/mol. The maximum atomic E-state index is 12.3. The van der Waals surface area contributed by atoms with Gasteiger partial charge in [-0.15, -0.1) is 0 Å². The minimum atomic E-state index is -1.10. The van der Waals surface area contributed by atoms with Crippen molar-refractivity contribution in [1.82, 2.24) is 5.32 Å². The minimum absolute atomic E-state index is 0.374. The summed E-state index contributed by atoms with van der Waals surface area (Å²) in [6.45, 7) is 4.11. The van der Waals surface area contributed by atoms with Crippen LogP contribution in [0, 0.1) is 0 Å². The van der Waals surface area contributed by atoms with E-state index in [4.69, 9.17) is 0 Å². The third kappa shape index (κ3) is 23.9. The Balaban J connectivity index is 3.86. The molecule has 0 spiro atoms. The molecule has 0 heterocycles. The predicted molar refractivity (Wildman–Crippen MR) is 162 cm³/mol. The van der Waals surface area contributed by atoms with Crippen molar-refractivity contribution in [2.24, 2.45) is 0 Å². The van der Waals surface area contributed by atoms with E-state index in [1.165, 1.54) is 96.3 Å². The van der Waals surface area contributed by atoms with Gasteiger partial charge in [0.25, 0.3) is 0 Å². The van der Waals surface area contributed by atoms with Crippen LogP contribution in [0.1, 0.15) is 155 Å². The van der Waals surface area contributed by atoms with Gasteiger partial charge in [0.2, 0.25) is 5.91 Å². The van der Waals surface area contributed by atoms with Gasteiger partial charge in [-0.1, -0.05) is 147 Å². The highest BCUT2D eigenvalue weighted by Crippen LogP contribution is 2.13. The molecule has 3 atom stereocenters. The van der Waals surface area contributed by atoms with Crippen LogP contribution in [-0.4, -0.2) is 46.1 Å². The Bertz CT molecular complexity index is 563.